The molecule has 0 aliphatic carbocycles. The van der Waals surface area contributed by atoms with Crippen molar-refractivity contribution in [3.63, 3.8) is 0 Å². The normalized spacial score (nSPS) is 11.0. The largest absolute Gasteiger partial charge is 0.319 e. The molecule has 0 amide bonds. The Labute approximate surface area is 118 Å². The molecule has 2 rings (SSSR count). The zero-order valence-corrected chi connectivity index (χ0v) is 12.3. The molecule has 0 bridgehead atoms. The zero-order chi connectivity index (χ0) is 14.0. The molecule has 19 heavy (non-hydrogen) atoms. The van der Waals surface area contributed by atoms with Crippen LogP contribution < -0.4 is 5.32 Å². The van der Waals surface area contributed by atoms with Crippen molar-refractivity contribution in [1.82, 2.24) is 15.1 Å². The first-order valence-electron chi connectivity index (χ1n) is 5.86. The van der Waals surface area contributed by atoms with Gasteiger partial charge in [-0.2, -0.15) is 5.10 Å². The summed E-state index contributed by atoms with van der Waals surface area (Å²) in [6.07, 6.45) is 0.710. The predicted octanol–water partition coefficient (Wildman–Crippen LogP) is 2.89. The Morgan fingerprint density at radius 2 is 2.11 bits per heavy atom. The van der Waals surface area contributed by atoms with Crippen molar-refractivity contribution < 1.29 is 8.78 Å². The van der Waals surface area contributed by atoms with E-state index < -0.39 is 11.6 Å². The Morgan fingerprint density at radius 3 is 2.79 bits per heavy atom. The molecule has 1 heterocycles. The van der Waals surface area contributed by atoms with Gasteiger partial charge in [-0.05, 0) is 41.2 Å². The number of nitrogens with one attached hydrogen (secondary N) is 1. The maximum Gasteiger partial charge on any atom is 0.132 e. The predicted molar refractivity (Wildman–Crippen MR) is 73.9 cm³/mol. The van der Waals surface area contributed by atoms with Gasteiger partial charge in [0.25, 0.3) is 0 Å². The summed E-state index contributed by atoms with van der Waals surface area (Å²) in [5.41, 5.74) is 1.57. The number of halogens is 3. The van der Waals surface area contributed by atoms with Crippen LogP contribution in [0.1, 0.15) is 5.69 Å². The van der Waals surface area contributed by atoms with E-state index in [1.54, 1.807) is 11.7 Å². The lowest BCUT2D eigenvalue weighted by atomic mass is 10.1. The van der Waals surface area contributed by atoms with E-state index in [9.17, 15) is 8.78 Å². The SMILES string of the molecule is CNCCc1nn(C)c(-c2cc(F)ccc2F)c1Br. The van der Waals surface area contributed by atoms with Gasteiger partial charge in [0.15, 0.2) is 0 Å². The van der Waals surface area contributed by atoms with Gasteiger partial charge in [0.1, 0.15) is 11.6 Å². The van der Waals surface area contributed by atoms with Crippen molar-refractivity contribution in [1.29, 1.82) is 0 Å². The first-order chi connectivity index (χ1) is 9.04. The van der Waals surface area contributed by atoms with Crippen molar-refractivity contribution in [3.05, 3.63) is 40.0 Å². The maximum atomic E-state index is 13.8. The van der Waals surface area contributed by atoms with Crippen molar-refractivity contribution in [2.24, 2.45) is 7.05 Å². The van der Waals surface area contributed by atoms with Gasteiger partial charge in [-0.15, -0.1) is 0 Å². The van der Waals surface area contributed by atoms with Crippen molar-refractivity contribution in [3.8, 4) is 11.3 Å². The Morgan fingerprint density at radius 1 is 1.37 bits per heavy atom. The van der Waals surface area contributed by atoms with Crippen LogP contribution in [0.15, 0.2) is 22.7 Å². The first-order valence-corrected chi connectivity index (χ1v) is 6.65. The molecule has 0 unspecified atom stereocenters. The second-order valence-corrected chi connectivity index (χ2v) is 5.00. The topological polar surface area (TPSA) is 29.9 Å². The van der Waals surface area contributed by atoms with Crippen LogP contribution in [0.2, 0.25) is 0 Å². The second-order valence-electron chi connectivity index (χ2n) is 4.21. The Hall–Kier alpha value is -1.27. The molecule has 1 aromatic heterocycles. The number of aryl methyl sites for hydroxylation is 1. The fourth-order valence-corrected chi connectivity index (χ4v) is 2.68. The molecular formula is C13H14BrF2N3. The summed E-state index contributed by atoms with van der Waals surface area (Å²) in [5, 5.41) is 7.36. The minimum Gasteiger partial charge on any atom is -0.319 e. The van der Waals surface area contributed by atoms with Crippen LogP contribution in [0.5, 0.6) is 0 Å². The Kier molecular flexibility index (Phi) is 4.31. The summed E-state index contributed by atoms with van der Waals surface area (Å²) in [5.74, 6) is -0.938. The van der Waals surface area contributed by atoms with E-state index >= 15 is 0 Å². The molecular weight excluding hydrogens is 316 g/mol. The van der Waals surface area contributed by atoms with Crippen LogP contribution in [-0.4, -0.2) is 23.4 Å². The molecule has 2 aromatic rings. The molecule has 0 aliphatic rings. The van der Waals surface area contributed by atoms with Gasteiger partial charge in [-0.25, -0.2) is 8.78 Å². The van der Waals surface area contributed by atoms with E-state index in [-0.39, 0.29) is 5.56 Å². The average molecular weight is 330 g/mol. The van der Waals surface area contributed by atoms with Gasteiger partial charge < -0.3 is 5.32 Å². The number of hydrogen-bond donors (Lipinski definition) is 1. The zero-order valence-electron chi connectivity index (χ0n) is 10.7. The van der Waals surface area contributed by atoms with Gasteiger partial charge in [0, 0.05) is 25.6 Å². The highest BCUT2D eigenvalue weighted by molar-refractivity contribution is 9.10. The van der Waals surface area contributed by atoms with Gasteiger partial charge in [0.05, 0.1) is 15.9 Å². The molecule has 0 fully saturated rings. The summed E-state index contributed by atoms with van der Waals surface area (Å²) >= 11 is 3.43. The summed E-state index contributed by atoms with van der Waals surface area (Å²) in [6.45, 7) is 0.765. The van der Waals surface area contributed by atoms with Crippen LogP contribution in [0.25, 0.3) is 11.3 Å². The summed E-state index contributed by atoms with van der Waals surface area (Å²) in [7, 11) is 3.57. The van der Waals surface area contributed by atoms with E-state index in [1.165, 1.54) is 6.07 Å². The smallest absolute Gasteiger partial charge is 0.132 e. The Bertz CT molecular complexity index is 596. The second kappa shape index (κ2) is 5.79. The van der Waals surface area contributed by atoms with E-state index in [0.29, 0.717) is 16.6 Å². The third kappa shape index (κ3) is 2.84. The molecule has 0 aliphatic heterocycles. The highest BCUT2D eigenvalue weighted by atomic mass is 79.9. The lowest BCUT2D eigenvalue weighted by Gasteiger charge is -2.05. The fraction of sp³-hybridized carbons (Fsp3) is 0.308. The number of nitrogens with zero attached hydrogens (tertiary/aromatic N) is 2. The minimum atomic E-state index is -0.471. The fourth-order valence-electron chi connectivity index (χ4n) is 1.93. The quantitative estimate of drug-likeness (QED) is 0.934. The number of hydrogen-bond acceptors (Lipinski definition) is 2. The number of benzene rings is 1. The van der Waals surface area contributed by atoms with E-state index in [4.69, 9.17) is 0 Å². The Balaban J connectivity index is 2.50. The molecule has 0 atom stereocenters. The number of likely N-dealkylation sites (N-methyl/N-ethyl adjacent to an activating group) is 1. The monoisotopic (exact) mass is 329 g/mol. The van der Waals surface area contributed by atoms with Gasteiger partial charge in [-0.3, -0.25) is 4.68 Å². The highest BCUT2D eigenvalue weighted by Crippen LogP contribution is 2.32. The minimum absolute atomic E-state index is 0.206. The molecule has 6 heteroatoms. The lowest BCUT2D eigenvalue weighted by molar-refractivity contribution is 0.600. The average Bonchev–Trinajstić information content (AvgIpc) is 2.65. The third-order valence-corrected chi connectivity index (χ3v) is 3.68. The lowest BCUT2D eigenvalue weighted by Crippen LogP contribution is -2.11. The van der Waals surface area contributed by atoms with E-state index in [2.05, 4.69) is 26.3 Å². The number of aromatic nitrogens is 2. The van der Waals surface area contributed by atoms with Gasteiger partial charge in [-0.1, -0.05) is 0 Å². The van der Waals surface area contributed by atoms with Crippen LogP contribution in [-0.2, 0) is 13.5 Å². The molecule has 0 radical (unpaired) electrons. The summed E-state index contributed by atoms with van der Waals surface area (Å²) < 4.78 is 29.4. The molecule has 0 saturated carbocycles. The molecule has 1 N–H and O–H groups in total. The molecule has 0 saturated heterocycles. The van der Waals surface area contributed by atoms with E-state index in [1.807, 2.05) is 7.05 Å². The molecule has 3 nitrogen and oxygen atoms in total. The van der Waals surface area contributed by atoms with Crippen molar-refractivity contribution in [2.45, 2.75) is 6.42 Å². The van der Waals surface area contributed by atoms with Crippen LogP contribution >= 0.6 is 15.9 Å². The maximum absolute atomic E-state index is 13.8. The van der Waals surface area contributed by atoms with Gasteiger partial charge in [0.2, 0.25) is 0 Å². The highest BCUT2D eigenvalue weighted by Gasteiger charge is 2.18. The molecule has 0 spiro atoms. The summed E-state index contributed by atoms with van der Waals surface area (Å²) in [4.78, 5) is 0. The van der Waals surface area contributed by atoms with Crippen LogP contribution in [0, 0.1) is 11.6 Å². The van der Waals surface area contributed by atoms with Crippen molar-refractivity contribution >= 4 is 15.9 Å². The van der Waals surface area contributed by atoms with Gasteiger partial charge >= 0.3 is 0 Å². The first kappa shape index (κ1) is 14.1. The standard InChI is InChI=1S/C13H14BrF2N3/c1-17-6-5-11-12(14)13(19(2)18-11)9-7-8(15)3-4-10(9)16/h3-4,7,17H,5-6H2,1-2H3. The van der Waals surface area contributed by atoms with Crippen molar-refractivity contribution in [2.75, 3.05) is 13.6 Å². The number of rotatable bonds is 4. The van der Waals surface area contributed by atoms with E-state index in [0.717, 1.165) is 24.4 Å². The van der Waals surface area contributed by atoms with Crippen LogP contribution in [0.4, 0.5) is 8.78 Å². The summed E-state index contributed by atoms with van der Waals surface area (Å²) in [6, 6.07) is 3.40. The molecule has 1 aromatic carbocycles. The third-order valence-electron chi connectivity index (χ3n) is 2.85. The van der Waals surface area contributed by atoms with Crippen LogP contribution in [0.3, 0.4) is 0 Å². The molecule has 102 valence electrons.